The number of carbonyl (C=O) groups is 2. The summed E-state index contributed by atoms with van der Waals surface area (Å²) in [4.78, 5) is 25.0. The summed E-state index contributed by atoms with van der Waals surface area (Å²) in [6.07, 6.45) is 0.766. The number of nitrogens with two attached hydrogens (primary N) is 1. The van der Waals surface area contributed by atoms with Crippen LogP contribution in [0.4, 0.5) is 9.59 Å². The highest BCUT2D eigenvalue weighted by Gasteiger charge is 2.26. The smallest absolute Gasteiger partial charge is 0.317 e. The Morgan fingerprint density at radius 2 is 2.14 bits per heavy atom. The van der Waals surface area contributed by atoms with E-state index in [1.807, 2.05) is 0 Å². The second kappa shape index (κ2) is 4.17. The summed E-state index contributed by atoms with van der Waals surface area (Å²) in [5, 5.41) is 2.80. The van der Waals surface area contributed by atoms with Crippen LogP contribution in [0.25, 0.3) is 0 Å². The molecule has 4 amide bonds. The Morgan fingerprint density at radius 3 is 2.57 bits per heavy atom. The van der Waals surface area contributed by atoms with Gasteiger partial charge in [-0.2, -0.15) is 0 Å². The first-order chi connectivity index (χ1) is 6.50. The molecule has 0 aromatic carbocycles. The van der Waals surface area contributed by atoms with Crippen molar-refractivity contribution >= 4 is 12.1 Å². The van der Waals surface area contributed by atoms with Crippen molar-refractivity contribution in [2.24, 2.45) is 5.73 Å². The number of primary amides is 1. The molecule has 1 saturated heterocycles. The lowest BCUT2D eigenvalue weighted by molar-refractivity contribution is 0.209. The zero-order valence-corrected chi connectivity index (χ0v) is 8.49. The third-order valence-electron chi connectivity index (χ3n) is 2.23. The van der Waals surface area contributed by atoms with Crippen LogP contribution in [0.1, 0.15) is 6.42 Å². The molecule has 1 unspecified atom stereocenters. The molecule has 0 saturated carbocycles. The number of rotatable bonds is 1. The molecule has 1 fully saturated rings. The lowest BCUT2D eigenvalue weighted by Crippen LogP contribution is -2.43. The minimum absolute atomic E-state index is 0.0254. The van der Waals surface area contributed by atoms with Gasteiger partial charge in [-0.15, -0.1) is 0 Å². The molecule has 80 valence electrons. The maximum absolute atomic E-state index is 11.3. The molecule has 6 nitrogen and oxygen atoms in total. The third-order valence-corrected chi connectivity index (χ3v) is 2.23. The second-order valence-electron chi connectivity index (χ2n) is 3.61. The first kappa shape index (κ1) is 10.6. The number of nitrogens with zero attached hydrogens (tertiary/aromatic N) is 2. The standard InChI is InChI=1S/C8H16N4O2/c1-11(2)8(14)10-6-3-4-12(5-6)7(9)13/h6H,3-5H2,1-2H3,(H2,9,13)(H,10,14). The average Bonchev–Trinajstić information content (AvgIpc) is 2.52. The van der Waals surface area contributed by atoms with Gasteiger partial charge in [0.05, 0.1) is 0 Å². The van der Waals surface area contributed by atoms with Crippen molar-refractivity contribution in [3.05, 3.63) is 0 Å². The number of urea groups is 2. The predicted octanol–water partition coefficient (Wildman–Crippen LogP) is -0.589. The summed E-state index contributed by atoms with van der Waals surface area (Å²) in [6.45, 7) is 1.13. The Morgan fingerprint density at radius 1 is 1.50 bits per heavy atom. The minimum atomic E-state index is -0.424. The summed E-state index contributed by atoms with van der Waals surface area (Å²) in [6, 6.07) is -0.537. The molecule has 1 aliphatic heterocycles. The van der Waals surface area contributed by atoms with Crippen molar-refractivity contribution in [2.75, 3.05) is 27.2 Å². The van der Waals surface area contributed by atoms with E-state index in [-0.39, 0.29) is 12.1 Å². The predicted molar refractivity (Wildman–Crippen MR) is 51.8 cm³/mol. The third kappa shape index (κ3) is 2.51. The van der Waals surface area contributed by atoms with Crippen LogP contribution in [-0.4, -0.2) is 55.1 Å². The number of amides is 4. The molecular formula is C8H16N4O2. The number of hydrogen-bond acceptors (Lipinski definition) is 2. The highest BCUT2D eigenvalue weighted by atomic mass is 16.2. The molecule has 0 aliphatic carbocycles. The zero-order chi connectivity index (χ0) is 10.7. The Balaban J connectivity index is 2.36. The van der Waals surface area contributed by atoms with Gasteiger partial charge in [-0.3, -0.25) is 0 Å². The SMILES string of the molecule is CN(C)C(=O)NC1CCN(C(N)=O)C1. The topological polar surface area (TPSA) is 78.7 Å². The van der Waals surface area contributed by atoms with E-state index in [2.05, 4.69) is 5.32 Å². The van der Waals surface area contributed by atoms with Gasteiger partial charge < -0.3 is 20.9 Å². The first-order valence-electron chi connectivity index (χ1n) is 4.53. The van der Waals surface area contributed by atoms with Crippen molar-refractivity contribution in [1.29, 1.82) is 0 Å². The summed E-state index contributed by atoms with van der Waals surface area (Å²) >= 11 is 0. The van der Waals surface area contributed by atoms with Gasteiger partial charge in [0, 0.05) is 33.2 Å². The molecule has 1 heterocycles. The van der Waals surface area contributed by atoms with Crippen LogP contribution in [0.5, 0.6) is 0 Å². The van der Waals surface area contributed by atoms with Crippen molar-refractivity contribution in [1.82, 2.24) is 15.1 Å². The molecule has 3 N–H and O–H groups in total. The zero-order valence-electron chi connectivity index (χ0n) is 8.49. The molecule has 1 aliphatic rings. The lowest BCUT2D eigenvalue weighted by atomic mass is 10.3. The van der Waals surface area contributed by atoms with Gasteiger partial charge in [0.1, 0.15) is 0 Å². The van der Waals surface area contributed by atoms with E-state index in [1.54, 1.807) is 14.1 Å². The molecule has 0 spiro atoms. The number of hydrogen-bond donors (Lipinski definition) is 2. The van der Waals surface area contributed by atoms with Crippen LogP contribution in [0.15, 0.2) is 0 Å². The molecule has 14 heavy (non-hydrogen) atoms. The van der Waals surface area contributed by atoms with Gasteiger partial charge in [-0.1, -0.05) is 0 Å². The summed E-state index contributed by atoms with van der Waals surface area (Å²) in [5.41, 5.74) is 5.11. The fourth-order valence-electron chi connectivity index (χ4n) is 1.38. The van der Waals surface area contributed by atoms with E-state index in [4.69, 9.17) is 5.73 Å². The van der Waals surface area contributed by atoms with E-state index < -0.39 is 6.03 Å². The molecule has 0 radical (unpaired) electrons. The maximum Gasteiger partial charge on any atom is 0.317 e. The van der Waals surface area contributed by atoms with E-state index in [9.17, 15) is 9.59 Å². The van der Waals surface area contributed by atoms with Gasteiger partial charge in [-0.25, -0.2) is 9.59 Å². The molecule has 0 aromatic heterocycles. The first-order valence-corrected chi connectivity index (χ1v) is 4.53. The van der Waals surface area contributed by atoms with Gasteiger partial charge >= 0.3 is 12.1 Å². The normalized spacial score (nSPS) is 20.7. The largest absolute Gasteiger partial charge is 0.351 e. The van der Waals surface area contributed by atoms with Crippen molar-refractivity contribution in [3.8, 4) is 0 Å². The van der Waals surface area contributed by atoms with Crippen LogP contribution in [0.2, 0.25) is 0 Å². The highest BCUT2D eigenvalue weighted by Crippen LogP contribution is 2.08. The molecule has 1 rings (SSSR count). The Bertz CT molecular complexity index is 241. The van der Waals surface area contributed by atoms with Gasteiger partial charge in [-0.05, 0) is 6.42 Å². The van der Waals surface area contributed by atoms with Crippen LogP contribution in [-0.2, 0) is 0 Å². The van der Waals surface area contributed by atoms with Crippen molar-refractivity contribution < 1.29 is 9.59 Å². The van der Waals surface area contributed by atoms with Gasteiger partial charge in [0.25, 0.3) is 0 Å². The molecule has 0 bridgehead atoms. The van der Waals surface area contributed by atoms with E-state index in [1.165, 1.54) is 9.80 Å². The molecule has 1 atom stereocenters. The summed E-state index contributed by atoms with van der Waals surface area (Å²) < 4.78 is 0. The Hall–Kier alpha value is -1.46. The van der Waals surface area contributed by atoms with Crippen molar-refractivity contribution in [3.63, 3.8) is 0 Å². The maximum atomic E-state index is 11.3. The second-order valence-corrected chi connectivity index (χ2v) is 3.61. The number of likely N-dealkylation sites (tertiary alicyclic amines) is 1. The minimum Gasteiger partial charge on any atom is -0.351 e. The Labute approximate surface area is 83.0 Å². The molecular weight excluding hydrogens is 184 g/mol. The molecule has 6 heteroatoms. The van der Waals surface area contributed by atoms with Crippen molar-refractivity contribution in [2.45, 2.75) is 12.5 Å². The monoisotopic (exact) mass is 200 g/mol. The van der Waals surface area contributed by atoms with Gasteiger partial charge in [0.15, 0.2) is 0 Å². The van der Waals surface area contributed by atoms with E-state index in [0.717, 1.165) is 6.42 Å². The average molecular weight is 200 g/mol. The fraction of sp³-hybridized carbons (Fsp3) is 0.750. The lowest BCUT2D eigenvalue weighted by Gasteiger charge is -2.17. The van der Waals surface area contributed by atoms with Crippen LogP contribution >= 0.6 is 0 Å². The van der Waals surface area contributed by atoms with Crippen LogP contribution in [0, 0.1) is 0 Å². The van der Waals surface area contributed by atoms with Gasteiger partial charge in [0.2, 0.25) is 0 Å². The molecule has 0 aromatic rings. The van der Waals surface area contributed by atoms with E-state index >= 15 is 0 Å². The van der Waals surface area contributed by atoms with E-state index in [0.29, 0.717) is 13.1 Å². The fourth-order valence-corrected chi connectivity index (χ4v) is 1.38. The highest BCUT2D eigenvalue weighted by molar-refractivity contribution is 5.75. The number of nitrogens with one attached hydrogen (secondary N) is 1. The van der Waals surface area contributed by atoms with Crippen LogP contribution < -0.4 is 11.1 Å². The quantitative estimate of drug-likeness (QED) is 0.593. The Kier molecular flexibility index (Phi) is 3.16. The van der Waals surface area contributed by atoms with Crippen LogP contribution in [0.3, 0.4) is 0 Å². The number of carbonyl (C=O) groups excluding carboxylic acids is 2. The summed E-state index contributed by atoms with van der Waals surface area (Å²) in [5.74, 6) is 0. The summed E-state index contributed by atoms with van der Waals surface area (Å²) in [7, 11) is 3.35.